The molecule has 0 bridgehead atoms. The van der Waals surface area contributed by atoms with E-state index in [1.165, 1.54) is 7.11 Å². The van der Waals surface area contributed by atoms with Crippen molar-refractivity contribution in [3.8, 4) is 0 Å². The van der Waals surface area contributed by atoms with Crippen molar-refractivity contribution in [1.82, 2.24) is 0 Å². The van der Waals surface area contributed by atoms with Gasteiger partial charge in [-0.15, -0.1) is 0 Å². The first-order chi connectivity index (χ1) is 4.76. The minimum absolute atomic E-state index is 0. The van der Waals surface area contributed by atoms with Crippen LogP contribution in [0.5, 0.6) is 0 Å². The number of hydrogen-bond acceptors (Lipinski definition) is 3. The summed E-state index contributed by atoms with van der Waals surface area (Å²) >= 11 is 0. The smallest absolute Gasteiger partial charge is 0.335 e. The highest BCUT2D eigenvalue weighted by Gasteiger charge is 2.15. The summed E-state index contributed by atoms with van der Waals surface area (Å²) in [7, 11) is 1.51. The standard InChI is InChI=1S/C7H14O3.CH4/c1-4-6(9-3)7(8)10-5-2;/h6H,4-5H2,1-3H3;1H4. The molecule has 1 atom stereocenters. The van der Waals surface area contributed by atoms with Gasteiger partial charge in [0.25, 0.3) is 0 Å². The zero-order valence-corrected chi connectivity index (χ0v) is 6.72. The van der Waals surface area contributed by atoms with Gasteiger partial charge in [-0.2, -0.15) is 0 Å². The molecule has 0 saturated heterocycles. The fourth-order valence-corrected chi connectivity index (χ4v) is 0.665. The Hall–Kier alpha value is -0.570. The van der Waals surface area contributed by atoms with E-state index in [4.69, 9.17) is 9.47 Å². The molecule has 0 heterocycles. The van der Waals surface area contributed by atoms with Crippen molar-refractivity contribution in [3.05, 3.63) is 0 Å². The fourth-order valence-electron chi connectivity index (χ4n) is 0.665. The van der Waals surface area contributed by atoms with Gasteiger partial charge in [-0.3, -0.25) is 0 Å². The number of esters is 1. The summed E-state index contributed by atoms with van der Waals surface area (Å²) in [5.74, 6) is -0.271. The first-order valence-electron chi connectivity index (χ1n) is 3.45. The van der Waals surface area contributed by atoms with Gasteiger partial charge in [0, 0.05) is 7.11 Å². The van der Waals surface area contributed by atoms with E-state index in [1.54, 1.807) is 6.92 Å². The molecule has 1 unspecified atom stereocenters. The minimum Gasteiger partial charge on any atom is -0.464 e. The summed E-state index contributed by atoms with van der Waals surface area (Å²) in [6.45, 7) is 4.07. The first-order valence-corrected chi connectivity index (χ1v) is 3.45. The van der Waals surface area contributed by atoms with E-state index in [2.05, 4.69) is 0 Å². The van der Waals surface area contributed by atoms with Crippen LogP contribution in [0.3, 0.4) is 0 Å². The summed E-state index contributed by atoms with van der Waals surface area (Å²) in [4.78, 5) is 10.9. The zero-order valence-electron chi connectivity index (χ0n) is 6.72. The van der Waals surface area contributed by atoms with Crippen molar-refractivity contribution in [2.24, 2.45) is 0 Å². The molecule has 0 aromatic rings. The van der Waals surface area contributed by atoms with E-state index in [-0.39, 0.29) is 19.5 Å². The molecule has 0 spiro atoms. The molecule has 0 aliphatic heterocycles. The Kier molecular flexibility index (Phi) is 8.94. The molecule has 0 aliphatic rings. The van der Waals surface area contributed by atoms with Crippen molar-refractivity contribution in [2.45, 2.75) is 33.8 Å². The van der Waals surface area contributed by atoms with Crippen LogP contribution >= 0.6 is 0 Å². The highest BCUT2D eigenvalue weighted by molar-refractivity contribution is 5.74. The summed E-state index contributed by atoms with van der Waals surface area (Å²) in [6.07, 6.45) is 0.273. The number of hydrogen-bond donors (Lipinski definition) is 0. The Morgan fingerprint density at radius 3 is 2.27 bits per heavy atom. The van der Waals surface area contributed by atoms with Gasteiger partial charge in [-0.05, 0) is 13.3 Å². The largest absolute Gasteiger partial charge is 0.464 e. The van der Waals surface area contributed by atoms with E-state index in [1.807, 2.05) is 6.92 Å². The Balaban J connectivity index is 0. The van der Waals surface area contributed by atoms with Crippen LogP contribution < -0.4 is 0 Å². The molecule has 0 N–H and O–H groups in total. The van der Waals surface area contributed by atoms with Crippen molar-refractivity contribution in [2.75, 3.05) is 13.7 Å². The second kappa shape index (κ2) is 7.54. The van der Waals surface area contributed by atoms with Gasteiger partial charge in [0.1, 0.15) is 0 Å². The summed E-state index contributed by atoms with van der Waals surface area (Å²) in [5.41, 5.74) is 0. The number of methoxy groups -OCH3 is 1. The summed E-state index contributed by atoms with van der Waals surface area (Å²) in [5, 5.41) is 0. The fraction of sp³-hybridized carbons (Fsp3) is 0.875. The maximum atomic E-state index is 10.9. The molecule has 68 valence electrons. The average molecular weight is 162 g/mol. The van der Waals surface area contributed by atoms with Crippen LogP contribution in [0.1, 0.15) is 27.7 Å². The maximum Gasteiger partial charge on any atom is 0.335 e. The van der Waals surface area contributed by atoms with E-state index in [9.17, 15) is 4.79 Å². The Morgan fingerprint density at radius 2 is 2.00 bits per heavy atom. The third kappa shape index (κ3) is 4.79. The quantitative estimate of drug-likeness (QED) is 0.589. The molecule has 0 saturated carbocycles. The predicted molar refractivity (Wildman–Crippen MR) is 44.5 cm³/mol. The molecular formula is C8H18O3. The minimum atomic E-state index is -0.389. The highest BCUT2D eigenvalue weighted by atomic mass is 16.6. The lowest BCUT2D eigenvalue weighted by Crippen LogP contribution is -2.24. The summed E-state index contributed by atoms with van der Waals surface area (Å²) < 4.78 is 9.56. The highest BCUT2D eigenvalue weighted by Crippen LogP contribution is 1.98. The van der Waals surface area contributed by atoms with Crippen LogP contribution in [0.25, 0.3) is 0 Å². The molecule has 0 radical (unpaired) electrons. The molecule has 0 fully saturated rings. The third-order valence-electron chi connectivity index (χ3n) is 1.20. The van der Waals surface area contributed by atoms with Crippen LogP contribution in [-0.4, -0.2) is 25.8 Å². The lowest BCUT2D eigenvalue weighted by Gasteiger charge is -2.10. The Bertz CT molecular complexity index is 97.5. The Morgan fingerprint density at radius 1 is 1.45 bits per heavy atom. The van der Waals surface area contributed by atoms with Crippen molar-refractivity contribution in [3.63, 3.8) is 0 Å². The van der Waals surface area contributed by atoms with Gasteiger partial charge in [-0.25, -0.2) is 4.79 Å². The number of carbonyl (C=O) groups is 1. The van der Waals surface area contributed by atoms with Crippen molar-refractivity contribution in [1.29, 1.82) is 0 Å². The first kappa shape index (κ1) is 13.1. The van der Waals surface area contributed by atoms with Gasteiger partial charge in [-0.1, -0.05) is 14.4 Å². The number of carbonyl (C=O) groups excluding carboxylic acids is 1. The van der Waals surface area contributed by atoms with E-state index < -0.39 is 0 Å². The Labute approximate surface area is 68.7 Å². The number of rotatable bonds is 4. The molecule has 11 heavy (non-hydrogen) atoms. The molecule has 0 aromatic carbocycles. The SMILES string of the molecule is C.CCOC(=O)C(CC)OC. The second-order valence-electron chi connectivity index (χ2n) is 1.88. The predicted octanol–water partition coefficient (Wildman–Crippen LogP) is 1.61. The molecule has 0 aliphatic carbocycles. The lowest BCUT2D eigenvalue weighted by atomic mass is 10.3. The average Bonchev–Trinajstić information content (AvgIpc) is 1.91. The number of ether oxygens (including phenoxy) is 2. The van der Waals surface area contributed by atoms with Crippen LogP contribution in [-0.2, 0) is 14.3 Å². The molecule has 3 nitrogen and oxygen atoms in total. The maximum absolute atomic E-state index is 10.9. The van der Waals surface area contributed by atoms with Crippen LogP contribution in [0.15, 0.2) is 0 Å². The monoisotopic (exact) mass is 162 g/mol. The normalized spacial score (nSPS) is 11.5. The second-order valence-corrected chi connectivity index (χ2v) is 1.88. The van der Waals surface area contributed by atoms with Gasteiger partial charge < -0.3 is 9.47 Å². The van der Waals surface area contributed by atoms with Gasteiger partial charge in [0.2, 0.25) is 0 Å². The molecular weight excluding hydrogens is 144 g/mol. The van der Waals surface area contributed by atoms with E-state index in [0.717, 1.165) is 0 Å². The topological polar surface area (TPSA) is 35.5 Å². The van der Waals surface area contributed by atoms with Crippen molar-refractivity contribution < 1.29 is 14.3 Å². The van der Waals surface area contributed by atoms with Crippen molar-refractivity contribution >= 4 is 5.97 Å². The van der Waals surface area contributed by atoms with Crippen LogP contribution in [0, 0.1) is 0 Å². The lowest BCUT2D eigenvalue weighted by molar-refractivity contribution is -0.154. The molecule has 0 aromatic heterocycles. The van der Waals surface area contributed by atoms with E-state index in [0.29, 0.717) is 13.0 Å². The molecule has 3 heteroatoms. The van der Waals surface area contributed by atoms with E-state index >= 15 is 0 Å². The van der Waals surface area contributed by atoms with Gasteiger partial charge in [0.05, 0.1) is 6.61 Å². The zero-order chi connectivity index (χ0) is 7.98. The third-order valence-corrected chi connectivity index (χ3v) is 1.20. The molecule has 0 rings (SSSR count). The van der Waals surface area contributed by atoms with Crippen LogP contribution in [0.4, 0.5) is 0 Å². The summed E-state index contributed by atoms with van der Waals surface area (Å²) in [6, 6.07) is 0. The van der Waals surface area contributed by atoms with Gasteiger partial charge in [0.15, 0.2) is 6.10 Å². The molecule has 0 amide bonds. The van der Waals surface area contributed by atoms with Gasteiger partial charge >= 0.3 is 5.97 Å². The van der Waals surface area contributed by atoms with Crippen LogP contribution in [0.2, 0.25) is 0 Å².